The third kappa shape index (κ3) is 2.33. The van der Waals surface area contributed by atoms with Crippen LogP contribution in [0, 0.1) is 11.8 Å². The summed E-state index contributed by atoms with van der Waals surface area (Å²) in [6, 6.07) is 0. The van der Waals surface area contributed by atoms with E-state index in [0.29, 0.717) is 19.3 Å². The van der Waals surface area contributed by atoms with Crippen LogP contribution in [0.25, 0.3) is 0 Å². The van der Waals surface area contributed by atoms with E-state index in [9.17, 15) is 21.6 Å². The molecule has 0 aromatic heterocycles. The Balaban J connectivity index is 1.89. The van der Waals surface area contributed by atoms with Crippen LogP contribution in [0.1, 0.15) is 38.5 Å². The molecule has 0 saturated heterocycles. The van der Waals surface area contributed by atoms with Crippen LogP contribution in [0.3, 0.4) is 0 Å². The van der Waals surface area contributed by atoms with E-state index in [1.807, 2.05) is 0 Å². The van der Waals surface area contributed by atoms with E-state index in [1.165, 1.54) is 0 Å². The first-order valence-electron chi connectivity index (χ1n) is 6.23. The Morgan fingerprint density at radius 2 is 1.63 bits per heavy atom. The zero-order valence-corrected chi connectivity index (χ0v) is 12.4. The Bertz CT molecular complexity index is 488. The molecule has 4 bridgehead atoms. The second kappa shape index (κ2) is 3.88. The van der Waals surface area contributed by atoms with Gasteiger partial charge in [0.2, 0.25) is 0 Å². The summed E-state index contributed by atoms with van der Waals surface area (Å²) in [5, 5.41) is 0. The van der Waals surface area contributed by atoms with Crippen molar-refractivity contribution in [1.82, 2.24) is 0 Å². The lowest BCUT2D eigenvalue weighted by Gasteiger charge is -2.59. The summed E-state index contributed by atoms with van der Waals surface area (Å²) < 4.78 is 64.5. The maximum atomic E-state index is 12.5. The molecule has 0 aromatic rings. The molecule has 4 saturated carbocycles. The number of hydrogen-bond acceptors (Lipinski definition) is 3. The molecule has 4 aliphatic rings. The maximum Gasteiger partial charge on any atom is 0.523 e. The first kappa shape index (κ1) is 14.1. The number of alkyl halides is 4. The van der Waals surface area contributed by atoms with E-state index in [4.69, 9.17) is 0 Å². The highest BCUT2D eigenvalue weighted by atomic mass is 79.9. The van der Waals surface area contributed by atoms with E-state index in [0.717, 1.165) is 19.3 Å². The molecule has 8 heteroatoms. The van der Waals surface area contributed by atoms with Gasteiger partial charge in [0, 0.05) is 4.32 Å². The fraction of sp³-hybridized carbons (Fsp3) is 1.00. The standard InChI is InChI=1S/C11H14BrF3O3S/c12-9-2-7-1-8(3-9)5-10(4-7,6-9)18-19(16,17)11(13,14)15/h7-8H,1-6H2. The number of rotatable bonds is 2. The molecule has 4 aliphatic carbocycles. The lowest BCUT2D eigenvalue weighted by Crippen LogP contribution is -2.58. The molecule has 3 nitrogen and oxygen atoms in total. The van der Waals surface area contributed by atoms with Crippen LogP contribution >= 0.6 is 15.9 Å². The van der Waals surface area contributed by atoms with E-state index in [1.54, 1.807) is 0 Å². The lowest BCUT2D eigenvalue weighted by atomic mass is 9.54. The van der Waals surface area contributed by atoms with Gasteiger partial charge in [0.15, 0.2) is 0 Å². The molecule has 0 aromatic carbocycles. The maximum absolute atomic E-state index is 12.5. The molecule has 0 amide bonds. The quantitative estimate of drug-likeness (QED) is 0.429. The monoisotopic (exact) mass is 362 g/mol. The average Bonchev–Trinajstić information content (AvgIpc) is 2.07. The van der Waals surface area contributed by atoms with Crippen LogP contribution in [0.4, 0.5) is 13.2 Å². The van der Waals surface area contributed by atoms with Gasteiger partial charge in [-0.1, -0.05) is 15.9 Å². The Kier molecular flexibility index (Phi) is 2.89. The first-order valence-corrected chi connectivity index (χ1v) is 8.44. The SMILES string of the molecule is O=S(=O)(OC12CC3CC(CC(Br)(C3)C1)C2)C(F)(F)F. The predicted molar refractivity (Wildman–Crippen MR) is 65.1 cm³/mol. The highest BCUT2D eigenvalue weighted by Gasteiger charge is 2.61. The smallest absolute Gasteiger partial charge is 0.256 e. The molecule has 4 rings (SSSR count). The van der Waals surface area contributed by atoms with Crippen molar-refractivity contribution in [2.75, 3.05) is 0 Å². The van der Waals surface area contributed by atoms with Crippen molar-refractivity contribution in [3.8, 4) is 0 Å². The zero-order chi connectivity index (χ0) is 14.1. The van der Waals surface area contributed by atoms with Crippen molar-refractivity contribution in [2.24, 2.45) is 11.8 Å². The minimum atomic E-state index is -5.51. The zero-order valence-electron chi connectivity index (χ0n) is 10.0. The Hall–Kier alpha value is 0.180. The summed E-state index contributed by atoms with van der Waals surface area (Å²) in [6.07, 6.45) is 3.98. The van der Waals surface area contributed by atoms with Crippen LogP contribution < -0.4 is 0 Å². The second-order valence-corrected chi connectivity index (χ2v) is 9.50. The van der Waals surface area contributed by atoms with E-state index in [-0.39, 0.29) is 16.2 Å². The summed E-state index contributed by atoms with van der Waals surface area (Å²) in [6.45, 7) is 0. The van der Waals surface area contributed by atoms with E-state index >= 15 is 0 Å². The van der Waals surface area contributed by atoms with Crippen LogP contribution in [0.15, 0.2) is 0 Å². The summed E-state index contributed by atoms with van der Waals surface area (Å²) >= 11 is 3.59. The van der Waals surface area contributed by atoms with Crippen molar-refractivity contribution < 1.29 is 25.8 Å². The second-order valence-electron chi connectivity index (χ2n) is 6.28. The summed E-state index contributed by atoms with van der Waals surface area (Å²) in [5.41, 5.74) is -6.49. The van der Waals surface area contributed by atoms with Crippen molar-refractivity contribution >= 4 is 26.0 Å². The van der Waals surface area contributed by atoms with Crippen LogP contribution in [0.2, 0.25) is 0 Å². The Labute approximate surface area is 118 Å². The van der Waals surface area contributed by atoms with E-state index < -0.39 is 21.2 Å². The summed E-state index contributed by atoms with van der Waals surface area (Å²) in [4.78, 5) is 0. The van der Waals surface area contributed by atoms with Crippen LogP contribution in [-0.2, 0) is 14.3 Å². The molecule has 0 aliphatic heterocycles. The van der Waals surface area contributed by atoms with Gasteiger partial charge in [0.05, 0.1) is 5.60 Å². The molecule has 4 fully saturated rings. The lowest BCUT2D eigenvalue weighted by molar-refractivity contribution is -0.113. The minimum absolute atomic E-state index is 0.238. The van der Waals surface area contributed by atoms with Gasteiger partial charge in [-0.05, 0) is 50.4 Å². The first-order chi connectivity index (χ1) is 8.53. The molecule has 19 heavy (non-hydrogen) atoms. The predicted octanol–water partition coefficient (Wildman–Crippen LogP) is 3.34. The van der Waals surface area contributed by atoms with Gasteiger partial charge >= 0.3 is 15.6 Å². The van der Waals surface area contributed by atoms with Gasteiger partial charge in [0.25, 0.3) is 0 Å². The van der Waals surface area contributed by atoms with Gasteiger partial charge in [-0.2, -0.15) is 21.6 Å². The largest absolute Gasteiger partial charge is 0.523 e. The van der Waals surface area contributed by atoms with Crippen molar-refractivity contribution in [3.63, 3.8) is 0 Å². The molecular weight excluding hydrogens is 349 g/mol. The van der Waals surface area contributed by atoms with Gasteiger partial charge in [0.1, 0.15) is 0 Å². The third-order valence-corrected chi connectivity index (χ3v) is 6.57. The van der Waals surface area contributed by atoms with Gasteiger partial charge < -0.3 is 0 Å². The molecule has 0 spiro atoms. The molecule has 2 unspecified atom stereocenters. The topological polar surface area (TPSA) is 43.4 Å². The summed E-state index contributed by atoms with van der Waals surface area (Å²) in [5.74, 6) is 0.535. The van der Waals surface area contributed by atoms with Gasteiger partial charge in [-0.25, -0.2) is 0 Å². The van der Waals surface area contributed by atoms with Crippen LogP contribution in [-0.4, -0.2) is 23.9 Å². The third-order valence-electron chi connectivity index (χ3n) is 4.51. The molecule has 0 heterocycles. The summed E-state index contributed by atoms with van der Waals surface area (Å²) in [7, 11) is -5.51. The number of halogens is 4. The minimum Gasteiger partial charge on any atom is -0.256 e. The molecule has 110 valence electrons. The van der Waals surface area contributed by atoms with Gasteiger partial charge in [-0.15, -0.1) is 0 Å². The average molecular weight is 363 g/mol. The van der Waals surface area contributed by atoms with Crippen molar-refractivity contribution in [2.45, 2.75) is 54.0 Å². The molecule has 0 radical (unpaired) electrons. The Morgan fingerprint density at radius 3 is 2.05 bits per heavy atom. The normalized spacial score (nSPS) is 45.7. The number of hydrogen-bond donors (Lipinski definition) is 0. The molecule has 0 N–H and O–H groups in total. The van der Waals surface area contributed by atoms with Crippen molar-refractivity contribution in [1.29, 1.82) is 0 Å². The van der Waals surface area contributed by atoms with Crippen LogP contribution in [0.5, 0.6) is 0 Å². The fourth-order valence-corrected chi connectivity index (χ4v) is 6.63. The molecular formula is C11H14BrF3O3S. The molecule has 2 atom stereocenters. The fourth-order valence-electron chi connectivity index (χ4n) is 4.45. The highest BCUT2D eigenvalue weighted by Crippen LogP contribution is 2.62. The van der Waals surface area contributed by atoms with Crippen molar-refractivity contribution in [3.05, 3.63) is 0 Å². The van der Waals surface area contributed by atoms with Gasteiger partial charge in [-0.3, -0.25) is 4.18 Å². The van der Waals surface area contributed by atoms with E-state index in [2.05, 4.69) is 20.1 Å². The highest BCUT2D eigenvalue weighted by molar-refractivity contribution is 9.10. The Morgan fingerprint density at radius 1 is 1.11 bits per heavy atom.